The third kappa shape index (κ3) is 4.99. The van der Waals surface area contributed by atoms with E-state index >= 15 is 0 Å². The molecule has 0 spiro atoms. The number of rotatable bonds is 7. The Kier molecular flexibility index (Phi) is 6.49. The predicted octanol–water partition coefficient (Wildman–Crippen LogP) is 2.16. The molecule has 1 aromatic carbocycles. The molecule has 0 aromatic heterocycles. The van der Waals surface area contributed by atoms with Gasteiger partial charge < -0.3 is 20.1 Å². The molecule has 21 heavy (non-hydrogen) atoms. The van der Waals surface area contributed by atoms with E-state index < -0.39 is 6.10 Å². The first-order valence-electron chi connectivity index (χ1n) is 8.02. The number of β-amino-alcohol motifs (C(OH)–C–C–N with tert-alkyl or cyclic N) is 1. The Hall–Kier alpha value is -1.10. The third-order valence-electron chi connectivity index (χ3n) is 3.85. The molecule has 1 aromatic rings. The van der Waals surface area contributed by atoms with Gasteiger partial charge in [0.15, 0.2) is 0 Å². The van der Waals surface area contributed by atoms with E-state index in [0.29, 0.717) is 19.2 Å². The number of nitrogens with one attached hydrogen (secondary N) is 1. The Morgan fingerprint density at radius 1 is 1.43 bits per heavy atom. The summed E-state index contributed by atoms with van der Waals surface area (Å²) >= 11 is 0. The van der Waals surface area contributed by atoms with Crippen LogP contribution in [0.25, 0.3) is 0 Å². The van der Waals surface area contributed by atoms with Gasteiger partial charge in [0.05, 0.1) is 12.7 Å². The van der Waals surface area contributed by atoms with Gasteiger partial charge in [0.2, 0.25) is 0 Å². The Balaban J connectivity index is 1.94. The molecule has 0 amide bonds. The summed E-state index contributed by atoms with van der Waals surface area (Å²) in [6, 6.07) is 8.83. The molecule has 0 fully saturated rings. The normalized spacial score (nSPS) is 20.0. The first-order chi connectivity index (χ1) is 10.2. The topological polar surface area (TPSA) is 44.7 Å². The van der Waals surface area contributed by atoms with Crippen LogP contribution in [0.1, 0.15) is 32.3 Å². The van der Waals surface area contributed by atoms with Crippen molar-refractivity contribution in [1.29, 1.82) is 0 Å². The maximum absolute atomic E-state index is 10.2. The standard InChI is InChI=1S/C17H28N2O2/c1-3-4-9-21-13-16(20)12-19-11-14(2)18-10-15-7-5-6-8-17(15)19/h5-8,14,16,18,20H,3-4,9-13H2,1-2H3. The van der Waals surface area contributed by atoms with Crippen molar-refractivity contribution in [3.05, 3.63) is 29.8 Å². The van der Waals surface area contributed by atoms with Crippen LogP contribution < -0.4 is 10.2 Å². The maximum atomic E-state index is 10.2. The van der Waals surface area contributed by atoms with Crippen molar-refractivity contribution in [3.63, 3.8) is 0 Å². The quantitative estimate of drug-likeness (QED) is 0.756. The number of para-hydroxylation sites is 1. The minimum atomic E-state index is -0.444. The highest BCUT2D eigenvalue weighted by molar-refractivity contribution is 5.54. The van der Waals surface area contributed by atoms with Crippen LogP contribution >= 0.6 is 0 Å². The summed E-state index contributed by atoms with van der Waals surface area (Å²) in [5.41, 5.74) is 2.52. The minimum absolute atomic E-state index is 0.408. The maximum Gasteiger partial charge on any atom is 0.0948 e. The minimum Gasteiger partial charge on any atom is -0.389 e. The molecule has 2 N–H and O–H groups in total. The van der Waals surface area contributed by atoms with E-state index in [4.69, 9.17) is 4.74 Å². The molecule has 0 bridgehead atoms. The number of benzene rings is 1. The van der Waals surface area contributed by atoms with Crippen molar-refractivity contribution in [2.24, 2.45) is 0 Å². The lowest BCUT2D eigenvalue weighted by atomic mass is 10.1. The molecular formula is C17H28N2O2. The number of nitrogens with zero attached hydrogens (tertiary/aromatic N) is 1. The monoisotopic (exact) mass is 292 g/mol. The van der Waals surface area contributed by atoms with Crippen LogP contribution in [-0.2, 0) is 11.3 Å². The summed E-state index contributed by atoms with van der Waals surface area (Å²) < 4.78 is 5.53. The summed E-state index contributed by atoms with van der Waals surface area (Å²) in [5.74, 6) is 0. The van der Waals surface area contributed by atoms with Gasteiger partial charge in [0.25, 0.3) is 0 Å². The molecule has 2 unspecified atom stereocenters. The fraction of sp³-hybridized carbons (Fsp3) is 0.647. The zero-order valence-electron chi connectivity index (χ0n) is 13.2. The van der Waals surface area contributed by atoms with Crippen molar-refractivity contribution < 1.29 is 9.84 Å². The number of ether oxygens (including phenoxy) is 1. The summed E-state index contributed by atoms with van der Waals surface area (Å²) in [5, 5.41) is 13.7. The molecule has 1 aliphatic heterocycles. The Bertz CT molecular complexity index is 425. The predicted molar refractivity (Wildman–Crippen MR) is 86.7 cm³/mol. The van der Waals surface area contributed by atoms with Gasteiger partial charge in [-0.1, -0.05) is 31.5 Å². The van der Waals surface area contributed by atoms with Gasteiger partial charge in [-0.15, -0.1) is 0 Å². The number of hydrogen-bond acceptors (Lipinski definition) is 4. The van der Waals surface area contributed by atoms with Gasteiger partial charge in [-0.2, -0.15) is 0 Å². The zero-order valence-corrected chi connectivity index (χ0v) is 13.2. The number of aliphatic hydroxyl groups is 1. The molecule has 4 nitrogen and oxygen atoms in total. The second-order valence-electron chi connectivity index (χ2n) is 5.90. The highest BCUT2D eigenvalue weighted by atomic mass is 16.5. The Morgan fingerprint density at radius 2 is 2.24 bits per heavy atom. The van der Waals surface area contributed by atoms with E-state index in [2.05, 4.69) is 48.3 Å². The lowest BCUT2D eigenvalue weighted by molar-refractivity contribution is 0.0391. The summed E-state index contributed by atoms with van der Waals surface area (Å²) in [7, 11) is 0. The second-order valence-corrected chi connectivity index (χ2v) is 5.90. The van der Waals surface area contributed by atoms with Crippen LogP contribution in [-0.4, -0.2) is 43.6 Å². The lowest BCUT2D eigenvalue weighted by Gasteiger charge is -2.28. The molecule has 1 heterocycles. The number of anilines is 1. The number of hydrogen-bond donors (Lipinski definition) is 2. The fourth-order valence-electron chi connectivity index (χ4n) is 2.69. The first kappa shape index (κ1) is 16.3. The van der Waals surface area contributed by atoms with Crippen molar-refractivity contribution >= 4 is 5.69 Å². The number of aliphatic hydroxyl groups excluding tert-OH is 1. The first-order valence-corrected chi connectivity index (χ1v) is 8.02. The fourth-order valence-corrected chi connectivity index (χ4v) is 2.69. The molecule has 1 aliphatic rings. The highest BCUT2D eigenvalue weighted by Crippen LogP contribution is 2.23. The van der Waals surface area contributed by atoms with Gasteiger partial charge in [0.1, 0.15) is 0 Å². The van der Waals surface area contributed by atoms with Gasteiger partial charge in [-0.25, -0.2) is 0 Å². The van der Waals surface area contributed by atoms with Gasteiger partial charge in [-0.3, -0.25) is 0 Å². The molecule has 0 saturated carbocycles. The summed E-state index contributed by atoms with van der Waals surface area (Å²) in [6.07, 6.45) is 1.74. The van der Waals surface area contributed by atoms with Crippen molar-refractivity contribution in [3.8, 4) is 0 Å². The van der Waals surface area contributed by atoms with Crippen LogP contribution in [0.15, 0.2) is 24.3 Å². The van der Waals surface area contributed by atoms with Crippen LogP contribution in [0, 0.1) is 0 Å². The third-order valence-corrected chi connectivity index (χ3v) is 3.85. The Labute approximate surface area is 128 Å². The van der Waals surface area contributed by atoms with Crippen molar-refractivity contribution in [2.75, 3.05) is 31.2 Å². The highest BCUT2D eigenvalue weighted by Gasteiger charge is 2.20. The molecule has 0 radical (unpaired) electrons. The van der Waals surface area contributed by atoms with Crippen LogP contribution in [0.2, 0.25) is 0 Å². The van der Waals surface area contributed by atoms with E-state index in [1.54, 1.807) is 0 Å². The molecule has 4 heteroatoms. The molecular weight excluding hydrogens is 264 g/mol. The van der Waals surface area contributed by atoms with E-state index in [9.17, 15) is 5.11 Å². The van der Waals surface area contributed by atoms with Crippen molar-refractivity contribution in [2.45, 2.75) is 45.4 Å². The zero-order chi connectivity index (χ0) is 15.1. The molecule has 0 saturated heterocycles. The van der Waals surface area contributed by atoms with Gasteiger partial charge >= 0.3 is 0 Å². The van der Waals surface area contributed by atoms with Crippen LogP contribution in [0.5, 0.6) is 0 Å². The molecule has 0 aliphatic carbocycles. The number of unbranched alkanes of at least 4 members (excludes halogenated alkanes) is 1. The Morgan fingerprint density at radius 3 is 3.05 bits per heavy atom. The van der Waals surface area contributed by atoms with E-state index in [-0.39, 0.29) is 0 Å². The van der Waals surface area contributed by atoms with Gasteiger partial charge in [0, 0.05) is 38.0 Å². The van der Waals surface area contributed by atoms with E-state index in [0.717, 1.165) is 32.5 Å². The number of fused-ring (bicyclic) bond motifs is 1. The average Bonchev–Trinajstić information content (AvgIpc) is 2.64. The van der Waals surface area contributed by atoms with E-state index in [1.807, 2.05) is 0 Å². The average molecular weight is 292 g/mol. The SMILES string of the molecule is CCCCOCC(O)CN1CC(C)NCc2ccccc21. The largest absolute Gasteiger partial charge is 0.389 e. The lowest BCUT2D eigenvalue weighted by Crippen LogP contribution is -2.41. The van der Waals surface area contributed by atoms with Crippen LogP contribution in [0.4, 0.5) is 5.69 Å². The summed E-state index contributed by atoms with van der Waals surface area (Å²) in [4.78, 5) is 2.27. The van der Waals surface area contributed by atoms with Crippen molar-refractivity contribution in [1.82, 2.24) is 5.32 Å². The smallest absolute Gasteiger partial charge is 0.0948 e. The van der Waals surface area contributed by atoms with Gasteiger partial charge in [-0.05, 0) is 25.0 Å². The molecule has 118 valence electrons. The van der Waals surface area contributed by atoms with E-state index in [1.165, 1.54) is 11.3 Å². The molecule has 2 atom stereocenters. The van der Waals surface area contributed by atoms with Crippen LogP contribution in [0.3, 0.4) is 0 Å². The summed E-state index contributed by atoms with van der Waals surface area (Å²) in [6.45, 7) is 7.89. The molecule has 2 rings (SSSR count). The second kappa shape index (κ2) is 8.37.